The largest absolute Gasteiger partial charge is 0.472 e. The standard InChI is InChI=1S/C66H81BN2O/c1-59(2,3)41-24-27-50(44(34-41)40-22-20-19-21-23-40)69-51-39-48-47(63(11,12)30-31-64(48,13)14)38-49(51)67-55-52(35-42(36-53(55)69)60(4,5)6)68(43-25-26-45-46(37-43)62(9,10)29-28-61(45,7)8)56-54-57(70-58(56)67)66(17,18)33-32-65(54,15)16/h19-27,34-39H,28-33H2,1-18H3/i19D,20D,21D,22D,23D. The van der Waals surface area contributed by atoms with Gasteiger partial charge in [0.2, 0.25) is 0 Å². The van der Waals surface area contributed by atoms with Crippen LogP contribution in [-0.2, 0) is 43.3 Å². The second-order valence-electron chi connectivity index (χ2n) is 28.3. The second kappa shape index (κ2) is 14.8. The molecule has 0 amide bonds. The summed E-state index contributed by atoms with van der Waals surface area (Å²) in [5.74, 6) is 1.09. The highest BCUT2D eigenvalue weighted by Crippen LogP contribution is 2.58. The SMILES string of the molecule is [2H]c1c([2H])c([2H])c(-c2cc(C(C)(C)C)ccc2N2c3cc4c(cc3B3c5oc6c(c5N(c5ccc7c(c5)C(C)(C)CCC7(C)C)c5cc(C(C)(C)C)cc2c53)C(C)(C)CCC6(C)C)C(C)(C)CCC4(C)C)c([2H])c1[2H]. The zero-order valence-corrected chi connectivity index (χ0v) is 45.9. The van der Waals surface area contributed by atoms with Crippen LogP contribution in [0.3, 0.4) is 0 Å². The minimum absolute atomic E-state index is 0.0276. The zero-order chi connectivity index (χ0) is 54.6. The van der Waals surface area contributed by atoms with Crippen LogP contribution in [0.15, 0.2) is 95.3 Å². The lowest BCUT2D eigenvalue weighted by atomic mass is 9.34. The first kappa shape index (κ1) is 41.6. The van der Waals surface area contributed by atoms with Crippen molar-refractivity contribution in [1.29, 1.82) is 0 Å². The fourth-order valence-electron chi connectivity index (χ4n) is 13.3. The summed E-state index contributed by atoms with van der Waals surface area (Å²) in [7, 11) is 0. The third-order valence-electron chi connectivity index (χ3n) is 18.4. The zero-order valence-electron chi connectivity index (χ0n) is 50.9. The molecule has 0 unspecified atom stereocenters. The van der Waals surface area contributed by atoms with Crippen molar-refractivity contribution in [2.24, 2.45) is 0 Å². The third kappa shape index (κ3) is 7.01. The van der Waals surface area contributed by atoms with Crippen LogP contribution in [0.1, 0.15) is 215 Å². The summed E-state index contributed by atoms with van der Waals surface area (Å²) in [4.78, 5) is 5.04. The van der Waals surface area contributed by atoms with Gasteiger partial charge in [0.15, 0.2) is 0 Å². The van der Waals surface area contributed by atoms with Crippen LogP contribution in [-0.4, -0.2) is 6.71 Å². The molecule has 1 aromatic heterocycles. The van der Waals surface area contributed by atoms with E-state index in [-0.39, 0.29) is 79.8 Å². The second-order valence-corrected chi connectivity index (χ2v) is 28.3. The maximum Gasteiger partial charge on any atom is 0.297 e. The molecule has 6 aromatic rings. The number of benzene rings is 5. The van der Waals surface area contributed by atoms with E-state index in [9.17, 15) is 2.74 Å². The lowest BCUT2D eigenvalue weighted by Crippen LogP contribution is -2.61. The van der Waals surface area contributed by atoms with Crippen molar-refractivity contribution in [3.8, 4) is 11.1 Å². The lowest BCUT2D eigenvalue weighted by Gasteiger charge is -2.48. The molecule has 0 bridgehead atoms. The molecule has 0 fully saturated rings. The number of hydrogen-bond acceptors (Lipinski definition) is 3. The van der Waals surface area contributed by atoms with Crippen molar-refractivity contribution in [3.05, 3.63) is 136 Å². The number of hydrogen-bond donors (Lipinski definition) is 0. The van der Waals surface area contributed by atoms with Crippen molar-refractivity contribution in [2.75, 3.05) is 9.80 Å². The van der Waals surface area contributed by atoms with Gasteiger partial charge >= 0.3 is 0 Å². The molecule has 0 saturated heterocycles. The van der Waals surface area contributed by atoms with Gasteiger partial charge in [-0.1, -0.05) is 173 Å². The summed E-state index contributed by atoms with van der Waals surface area (Å²) >= 11 is 0. The van der Waals surface area contributed by atoms with Gasteiger partial charge in [-0.3, -0.25) is 0 Å². The van der Waals surface area contributed by atoms with E-state index in [1.807, 2.05) is 0 Å². The first-order chi connectivity index (χ1) is 34.5. The Bertz CT molecular complexity index is 3420. The van der Waals surface area contributed by atoms with Gasteiger partial charge in [-0.25, -0.2) is 0 Å². The predicted octanol–water partition coefficient (Wildman–Crippen LogP) is 16.7. The van der Waals surface area contributed by atoms with Gasteiger partial charge in [-0.15, -0.1) is 0 Å². The van der Waals surface area contributed by atoms with Crippen LogP contribution in [0.5, 0.6) is 0 Å². The molecule has 0 atom stereocenters. The summed E-state index contributed by atoms with van der Waals surface area (Å²) in [5.41, 5.74) is 18.2. The minimum Gasteiger partial charge on any atom is -0.472 e. The normalized spacial score (nSPS) is 21.7. The van der Waals surface area contributed by atoms with Crippen molar-refractivity contribution in [1.82, 2.24) is 0 Å². The monoisotopic (exact) mass is 934 g/mol. The Kier molecular flexibility index (Phi) is 8.82. The molecule has 0 radical (unpaired) electrons. The molecule has 3 heterocycles. The number of nitrogens with zero attached hydrogens (tertiary/aromatic N) is 2. The molecule has 0 saturated carbocycles. The average molecular weight is 934 g/mol. The Morgan fingerprint density at radius 3 is 1.63 bits per heavy atom. The first-order valence-corrected chi connectivity index (χ1v) is 26.5. The number of rotatable bonds is 3. The molecule has 11 rings (SSSR count). The van der Waals surface area contributed by atoms with E-state index < -0.39 is 6.04 Å². The fraction of sp³-hybridized carbons (Fsp3) is 0.485. The topological polar surface area (TPSA) is 19.6 Å². The van der Waals surface area contributed by atoms with Crippen molar-refractivity contribution in [3.63, 3.8) is 0 Å². The van der Waals surface area contributed by atoms with Gasteiger partial charge in [0.25, 0.3) is 6.71 Å². The van der Waals surface area contributed by atoms with Gasteiger partial charge < -0.3 is 14.2 Å². The van der Waals surface area contributed by atoms with E-state index in [0.717, 1.165) is 89.4 Å². The van der Waals surface area contributed by atoms with Crippen molar-refractivity contribution >= 4 is 57.4 Å². The van der Waals surface area contributed by atoms with Gasteiger partial charge in [0, 0.05) is 39.3 Å². The minimum atomic E-state index is -0.394. The van der Waals surface area contributed by atoms with Crippen LogP contribution < -0.4 is 26.4 Å². The van der Waals surface area contributed by atoms with E-state index in [0.29, 0.717) is 5.56 Å². The third-order valence-corrected chi connectivity index (χ3v) is 18.4. The molecular weight excluding hydrogens is 848 g/mol. The van der Waals surface area contributed by atoms with Gasteiger partial charge in [0.05, 0.1) is 23.9 Å². The Labute approximate surface area is 430 Å². The maximum absolute atomic E-state index is 9.58. The molecule has 364 valence electrons. The number of fused-ring (bicyclic) bond motifs is 8. The van der Waals surface area contributed by atoms with Crippen LogP contribution in [0, 0.1) is 0 Å². The predicted molar refractivity (Wildman–Crippen MR) is 301 cm³/mol. The highest BCUT2D eigenvalue weighted by molar-refractivity contribution is 6.99. The first-order valence-electron chi connectivity index (χ1n) is 29.0. The molecule has 3 nitrogen and oxygen atoms in total. The van der Waals surface area contributed by atoms with Gasteiger partial charge in [0.1, 0.15) is 5.76 Å². The van der Waals surface area contributed by atoms with Gasteiger partial charge in [-0.2, -0.15) is 0 Å². The smallest absolute Gasteiger partial charge is 0.297 e. The lowest BCUT2D eigenvalue weighted by molar-refractivity contribution is 0.282. The summed E-state index contributed by atoms with van der Waals surface area (Å²) in [6.07, 6.45) is 6.40. The summed E-state index contributed by atoms with van der Waals surface area (Å²) in [6.45, 7) is 42.0. The van der Waals surface area contributed by atoms with Crippen molar-refractivity contribution < 1.29 is 11.3 Å². The molecule has 70 heavy (non-hydrogen) atoms. The van der Waals surface area contributed by atoms with Crippen LogP contribution >= 0.6 is 0 Å². The highest BCUT2D eigenvalue weighted by Gasteiger charge is 2.54. The quantitative estimate of drug-likeness (QED) is 0.165. The molecule has 0 spiro atoms. The van der Waals surface area contributed by atoms with Crippen LogP contribution in [0.2, 0.25) is 0 Å². The fourth-order valence-corrected chi connectivity index (χ4v) is 13.3. The number of anilines is 6. The van der Waals surface area contributed by atoms with E-state index in [1.54, 1.807) is 0 Å². The summed E-state index contributed by atoms with van der Waals surface area (Å²) in [6, 6.07) is 22.2. The molecular formula is C66H81BN2O. The van der Waals surface area contributed by atoms with Crippen LogP contribution in [0.25, 0.3) is 11.1 Å². The maximum atomic E-state index is 9.58. The van der Waals surface area contributed by atoms with E-state index >= 15 is 0 Å². The average Bonchev–Trinajstić information content (AvgIpc) is 3.79. The van der Waals surface area contributed by atoms with Crippen molar-refractivity contribution in [2.45, 2.75) is 206 Å². The summed E-state index contributed by atoms with van der Waals surface area (Å²) < 4.78 is 53.8. The molecule has 5 aliphatic rings. The number of furan rings is 1. The molecule has 5 aromatic carbocycles. The highest BCUT2D eigenvalue weighted by atomic mass is 16.3. The summed E-state index contributed by atoms with van der Waals surface area (Å²) in [5, 5.41) is 0. The Balaban J connectivity index is 1.35. The molecule has 4 heteroatoms. The van der Waals surface area contributed by atoms with E-state index in [1.165, 1.54) is 44.5 Å². The van der Waals surface area contributed by atoms with E-state index in [2.05, 4.69) is 195 Å². The molecule has 3 aliphatic carbocycles. The molecule has 0 N–H and O–H groups in total. The molecule has 2 aliphatic heterocycles. The van der Waals surface area contributed by atoms with Crippen LogP contribution in [0.4, 0.5) is 34.1 Å². The Morgan fingerprint density at radius 1 is 0.500 bits per heavy atom. The van der Waals surface area contributed by atoms with E-state index in [4.69, 9.17) is 8.53 Å². The van der Waals surface area contributed by atoms with Gasteiger partial charge in [-0.05, 0) is 169 Å². The Hall–Kier alpha value is -4.96. The Morgan fingerprint density at radius 2 is 1.03 bits per heavy atom.